The SMILES string of the molecule is COCCNCC(C(C)CC(C)C)C(C)(C)C. The summed E-state index contributed by atoms with van der Waals surface area (Å²) in [7, 11) is 1.75. The first kappa shape index (κ1) is 16.9. The number of hydrogen-bond donors (Lipinski definition) is 1. The van der Waals surface area contributed by atoms with Crippen LogP contribution in [0.1, 0.15) is 48.0 Å². The smallest absolute Gasteiger partial charge is 0.0587 e. The Hall–Kier alpha value is -0.0800. The minimum absolute atomic E-state index is 0.369. The highest BCUT2D eigenvalue weighted by Gasteiger charge is 2.29. The van der Waals surface area contributed by atoms with Crippen molar-refractivity contribution >= 4 is 0 Å². The Balaban J connectivity index is 4.24. The minimum atomic E-state index is 0.369. The van der Waals surface area contributed by atoms with Crippen molar-refractivity contribution in [2.24, 2.45) is 23.2 Å². The monoisotopic (exact) mass is 243 g/mol. The molecule has 0 fully saturated rings. The molecule has 0 saturated heterocycles. The maximum absolute atomic E-state index is 5.07. The number of nitrogens with one attached hydrogen (secondary N) is 1. The van der Waals surface area contributed by atoms with Gasteiger partial charge in [-0.1, -0.05) is 41.5 Å². The Morgan fingerprint density at radius 1 is 1.12 bits per heavy atom. The fourth-order valence-electron chi connectivity index (χ4n) is 2.70. The topological polar surface area (TPSA) is 21.3 Å². The van der Waals surface area contributed by atoms with Gasteiger partial charge in [-0.15, -0.1) is 0 Å². The van der Waals surface area contributed by atoms with Crippen LogP contribution < -0.4 is 5.32 Å². The standard InChI is InChI=1S/C15H33NO/c1-12(2)10-13(3)14(15(4,5)6)11-16-8-9-17-7/h12-14,16H,8-11H2,1-7H3. The normalized spacial score (nSPS) is 16.2. The number of methoxy groups -OCH3 is 1. The zero-order valence-electron chi connectivity index (χ0n) is 13.0. The molecule has 2 heteroatoms. The summed E-state index contributed by atoms with van der Waals surface area (Å²) in [6.07, 6.45) is 1.31. The van der Waals surface area contributed by atoms with Gasteiger partial charge in [-0.2, -0.15) is 0 Å². The molecule has 0 aromatic rings. The van der Waals surface area contributed by atoms with E-state index in [1.807, 2.05) is 0 Å². The molecule has 0 aromatic heterocycles. The predicted octanol–water partition coefficient (Wildman–Crippen LogP) is 3.57. The van der Waals surface area contributed by atoms with Crippen LogP contribution >= 0.6 is 0 Å². The summed E-state index contributed by atoms with van der Waals surface area (Å²) in [5, 5.41) is 3.52. The molecular weight excluding hydrogens is 210 g/mol. The van der Waals surface area contributed by atoms with E-state index in [2.05, 4.69) is 46.9 Å². The van der Waals surface area contributed by atoms with Crippen molar-refractivity contribution < 1.29 is 4.74 Å². The van der Waals surface area contributed by atoms with Crippen LogP contribution in [0.5, 0.6) is 0 Å². The zero-order valence-corrected chi connectivity index (χ0v) is 13.0. The van der Waals surface area contributed by atoms with E-state index in [1.54, 1.807) is 7.11 Å². The van der Waals surface area contributed by atoms with Crippen LogP contribution in [-0.2, 0) is 4.74 Å². The molecule has 1 N–H and O–H groups in total. The van der Waals surface area contributed by atoms with Crippen molar-refractivity contribution in [3.8, 4) is 0 Å². The van der Waals surface area contributed by atoms with Crippen LogP contribution in [0.3, 0.4) is 0 Å². The maximum atomic E-state index is 5.07. The fourth-order valence-corrected chi connectivity index (χ4v) is 2.70. The van der Waals surface area contributed by atoms with Gasteiger partial charge in [-0.3, -0.25) is 0 Å². The molecule has 0 heterocycles. The molecule has 2 nitrogen and oxygen atoms in total. The first-order valence-electron chi connectivity index (χ1n) is 6.98. The first-order chi connectivity index (χ1) is 7.79. The zero-order chi connectivity index (χ0) is 13.5. The second-order valence-electron chi connectivity index (χ2n) is 6.78. The third-order valence-electron chi connectivity index (χ3n) is 3.49. The highest BCUT2D eigenvalue weighted by molar-refractivity contribution is 4.80. The molecule has 0 bridgehead atoms. The summed E-state index contributed by atoms with van der Waals surface area (Å²) < 4.78 is 5.07. The number of rotatable bonds is 8. The van der Waals surface area contributed by atoms with Crippen LogP contribution in [0.2, 0.25) is 0 Å². The molecule has 0 aromatic carbocycles. The third kappa shape index (κ3) is 7.77. The van der Waals surface area contributed by atoms with E-state index in [4.69, 9.17) is 4.74 Å². The maximum Gasteiger partial charge on any atom is 0.0587 e. The van der Waals surface area contributed by atoms with Crippen molar-refractivity contribution in [2.75, 3.05) is 26.8 Å². The van der Waals surface area contributed by atoms with Gasteiger partial charge in [0.25, 0.3) is 0 Å². The summed E-state index contributed by atoms with van der Waals surface area (Å²) in [5.74, 6) is 2.28. The average Bonchev–Trinajstić information content (AvgIpc) is 2.14. The van der Waals surface area contributed by atoms with E-state index >= 15 is 0 Å². The molecule has 0 amide bonds. The molecule has 2 unspecified atom stereocenters. The van der Waals surface area contributed by atoms with Crippen molar-refractivity contribution in [2.45, 2.75) is 48.0 Å². The molecule has 2 atom stereocenters. The molecule has 0 radical (unpaired) electrons. The van der Waals surface area contributed by atoms with Crippen LogP contribution in [0, 0.1) is 23.2 Å². The number of hydrogen-bond acceptors (Lipinski definition) is 2. The van der Waals surface area contributed by atoms with Crippen molar-refractivity contribution in [3.63, 3.8) is 0 Å². The summed E-state index contributed by atoms with van der Waals surface area (Å²) in [6, 6.07) is 0. The molecule has 0 aliphatic rings. The Morgan fingerprint density at radius 2 is 1.71 bits per heavy atom. The number of ether oxygens (including phenoxy) is 1. The van der Waals surface area contributed by atoms with Gasteiger partial charge in [0, 0.05) is 13.7 Å². The van der Waals surface area contributed by atoms with Gasteiger partial charge in [0.2, 0.25) is 0 Å². The van der Waals surface area contributed by atoms with Gasteiger partial charge in [-0.25, -0.2) is 0 Å². The lowest BCUT2D eigenvalue weighted by Gasteiger charge is -2.36. The summed E-state index contributed by atoms with van der Waals surface area (Å²) >= 11 is 0. The highest BCUT2D eigenvalue weighted by Crippen LogP contribution is 2.34. The van der Waals surface area contributed by atoms with Gasteiger partial charge in [-0.05, 0) is 36.1 Å². The lowest BCUT2D eigenvalue weighted by molar-refractivity contribution is 0.140. The highest BCUT2D eigenvalue weighted by atomic mass is 16.5. The van der Waals surface area contributed by atoms with Crippen LogP contribution in [0.15, 0.2) is 0 Å². The molecule has 0 spiro atoms. The van der Waals surface area contributed by atoms with E-state index in [1.165, 1.54) is 6.42 Å². The Morgan fingerprint density at radius 3 is 2.12 bits per heavy atom. The Kier molecular flexibility index (Phi) is 8.06. The Labute approximate surface area is 109 Å². The summed E-state index contributed by atoms with van der Waals surface area (Å²) in [5.41, 5.74) is 0.369. The molecule has 0 aliphatic carbocycles. The minimum Gasteiger partial charge on any atom is -0.383 e. The van der Waals surface area contributed by atoms with Gasteiger partial charge in [0.05, 0.1) is 6.61 Å². The predicted molar refractivity (Wildman–Crippen MR) is 76.3 cm³/mol. The van der Waals surface area contributed by atoms with E-state index in [0.29, 0.717) is 5.41 Å². The van der Waals surface area contributed by atoms with Crippen molar-refractivity contribution in [1.82, 2.24) is 5.32 Å². The van der Waals surface area contributed by atoms with E-state index < -0.39 is 0 Å². The average molecular weight is 243 g/mol. The lowest BCUT2D eigenvalue weighted by Crippen LogP contribution is -2.37. The van der Waals surface area contributed by atoms with Gasteiger partial charge in [0.1, 0.15) is 0 Å². The molecule has 17 heavy (non-hydrogen) atoms. The lowest BCUT2D eigenvalue weighted by atomic mass is 9.71. The Bertz CT molecular complexity index is 184. The van der Waals surface area contributed by atoms with Crippen molar-refractivity contribution in [1.29, 1.82) is 0 Å². The van der Waals surface area contributed by atoms with E-state index in [-0.39, 0.29) is 0 Å². The van der Waals surface area contributed by atoms with E-state index in [0.717, 1.165) is 37.5 Å². The summed E-state index contributed by atoms with van der Waals surface area (Å²) in [4.78, 5) is 0. The first-order valence-corrected chi connectivity index (χ1v) is 6.98. The second-order valence-corrected chi connectivity index (χ2v) is 6.78. The van der Waals surface area contributed by atoms with Gasteiger partial charge >= 0.3 is 0 Å². The van der Waals surface area contributed by atoms with Gasteiger partial charge in [0.15, 0.2) is 0 Å². The van der Waals surface area contributed by atoms with E-state index in [9.17, 15) is 0 Å². The third-order valence-corrected chi connectivity index (χ3v) is 3.49. The van der Waals surface area contributed by atoms with Crippen LogP contribution in [0.4, 0.5) is 0 Å². The second kappa shape index (κ2) is 8.10. The summed E-state index contributed by atoms with van der Waals surface area (Å²) in [6.45, 7) is 16.9. The molecule has 0 saturated carbocycles. The molecule has 104 valence electrons. The largest absolute Gasteiger partial charge is 0.383 e. The van der Waals surface area contributed by atoms with Crippen molar-refractivity contribution in [3.05, 3.63) is 0 Å². The molecule has 0 aliphatic heterocycles. The van der Waals surface area contributed by atoms with Gasteiger partial charge < -0.3 is 10.1 Å². The van der Waals surface area contributed by atoms with Crippen LogP contribution in [0.25, 0.3) is 0 Å². The quantitative estimate of drug-likeness (QED) is 0.658. The molecule has 0 rings (SSSR count). The van der Waals surface area contributed by atoms with Crippen LogP contribution in [-0.4, -0.2) is 26.8 Å². The molecular formula is C15H33NO. The fraction of sp³-hybridized carbons (Fsp3) is 1.00.